The summed E-state index contributed by atoms with van der Waals surface area (Å²) in [6.45, 7) is 0. The summed E-state index contributed by atoms with van der Waals surface area (Å²) in [4.78, 5) is 22.3. The molecule has 1 aromatic carbocycles. The molecule has 1 rings (SSSR count). The van der Waals surface area contributed by atoms with Gasteiger partial charge in [0.2, 0.25) is 0 Å². The van der Waals surface area contributed by atoms with Crippen molar-refractivity contribution in [3.05, 3.63) is 46.9 Å². The number of hydrogen-bond acceptors (Lipinski definition) is 3. The van der Waals surface area contributed by atoms with Gasteiger partial charge in [0.05, 0.1) is 4.91 Å². The van der Waals surface area contributed by atoms with Crippen molar-refractivity contribution in [3.63, 3.8) is 0 Å². The topological polar surface area (TPSA) is 54.4 Å². The first-order chi connectivity index (χ1) is 7.15. The number of carboxylic acids is 1. The van der Waals surface area contributed by atoms with E-state index in [1.165, 1.54) is 0 Å². The van der Waals surface area contributed by atoms with Crippen LogP contribution in [-0.4, -0.2) is 23.1 Å². The van der Waals surface area contributed by atoms with Crippen LogP contribution in [0.2, 0.25) is 0 Å². The molecular weight excluding hydrogens is 212 g/mol. The van der Waals surface area contributed by atoms with E-state index in [0.29, 0.717) is 5.56 Å². The molecule has 3 nitrogen and oxygen atoms in total. The summed E-state index contributed by atoms with van der Waals surface area (Å²) in [6, 6.07) is 8.58. The molecule has 1 N–H and O–H groups in total. The highest BCUT2D eigenvalue weighted by Gasteiger charge is 2.09. The highest BCUT2D eigenvalue weighted by molar-refractivity contribution is 8.03. The van der Waals surface area contributed by atoms with E-state index >= 15 is 0 Å². The molecule has 0 fully saturated rings. The van der Waals surface area contributed by atoms with Crippen LogP contribution in [0.1, 0.15) is 10.4 Å². The molecule has 0 saturated heterocycles. The molecule has 78 valence electrons. The second-order valence-electron chi connectivity index (χ2n) is 2.75. The van der Waals surface area contributed by atoms with Crippen LogP contribution in [-0.2, 0) is 4.79 Å². The van der Waals surface area contributed by atoms with Crippen molar-refractivity contribution in [2.75, 3.05) is 6.26 Å². The minimum absolute atomic E-state index is 0.0452. The lowest BCUT2D eigenvalue weighted by atomic mass is 10.1. The number of rotatable bonds is 4. The molecule has 0 aliphatic carbocycles. The summed E-state index contributed by atoms with van der Waals surface area (Å²) < 4.78 is 0. The van der Waals surface area contributed by atoms with E-state index in [4.69, 9.17) is 5.11 Å². The van der Waals surface area contributed by atoms with Crippen molar-refractivity contribution in [2.24, 2.45) is 0 Å². The largest absolute Gasteiger partial charge is 0.477 e. The Bertz CT molecular complexity index is 396. The number of carboxylic acid groups (broad SMARTS) is 1. The van der Waals surface area contributed by atoms with Gasteiger partial charge in [-0.2, -0.15) is 0 Å². The van der Waals surface area contributed by atoms with Crippen LogP contribution in [0.15, 0.2) is 41.3 Å². The normalized spacial score (nSPS) is 11.1. The van der Waals surface area contributed by atoms with Crippen molar-refractivity contribution in [1.82, 2.24) is 0 Å². The van der Waals surface area contributed by atoms with Gasteiger partial charge >= 0.3 is 5.97 Å². The highest BCUT2D eigenvalue weighted by Crippen LogP contribution is 2.13. The molecule has 0 heterocycles. The van der Waals surface area contributed by atoms with Crippen molar-refractivity contribution in [3.8, 4) is 0 Å². The Morgan fingerprint density at radius 2 is 1.87 bits per heavy atom. The summed E-state index contributed by atoms with van der Waals surface area (Å²) in [5.74, 6) is -1.37. The average molecular weight is 222 g/mol. The smallest absolute Gasteiger partial charge is 0.342 e. The number of ketones is 1. The minimum Gasteiger partial charge on any atom is -0.477 e. The average Bonchev–Trinajstić information content (AvgIpc) is 2.26. The first-order valence-corrected chi connectivity index (χ1v) is 5.46. The Morgan fingerprint density at radius 1 is 1.27 bits per heavy atom. The molecule has 0 amide bonds. The quantitative estimate of drug-likeness (QED) is 0.626. The maximum absolute atomic E-state index is 11.6. The van der Waals surface area contributed by atoms with E-state index in [1.807, 2.05) is 0 Å². The number of hydrogen-bond donors (Lipinski definition) is 1. The van der Waals surface area contributed by atoms with Crippen molar-refractivity contribution in [1.29, 1.82) is 0 Å². The monoisotopic (exact) mass is 222 g/mol. The van der Waals surface area contributed by atoms with E-state index in [9.17, 15) is 9.59 Å². The zero-order valence-corrected chi connectivity index (χ0v) is 8.95. The van der Waals surface area contributed by atoms with Gasteiger partial charge in [-0.25, -0.2) is 4.79 Å². The van der Waals surface area contributed by atoms with Gasteiger partial charge in [0.15, 0.2) is 5.78 Å². The SMILES string of the molecule is CSC(=CC(=O)c1ccccc1)C(=O)O. The minimum atomic E-state index is -1.08. The maximum atomic E-state index is 11.6. The Balaban J connectivity index is 2.92. The molecule has 0 atom stereocenters. The molecule has 0 bridgehead atoms. The maximum Gasteiger partial charge on any atom is 0.342 e. The Kier molecular flexibility index (Phi) is 4.12. The van der Waals surface area contributed by atoms with Crippen LogP contribution in [0.4, 0.5) is 0 Å². The lowest BCUT2D eigenvalue weighted by molar-refractivity contribution is -0.131. The van der Waals surface area contributed by atoms with Crippen LogP contribution in [0.3, 0.4) is 0 Å². The third-order valence-corrected chi connectivity index (χ3v) is 2.48. The van der Waals surface area contributed by atoms with E-state index < -0.39 is 5.97 Å². The zero-order chi connectivity index (χ0) is 11.3. The van der Waals surface area contributed by atoms with Gasteiger partial charge < -0.3 is 5.11 Å². The number of benzene rings is 1. The fourth-order valence-corrected chi connectivity index (χ4v) is 1.41. The van der Waals surface area contributed by atoms with E-state index in [-0.39, 0.29) is 10.7 Å². The second kappa shape index (κ2) is 5.36. The molecule has 0 radical (unpaired) electrons. The van der Waals surface area contributed by atoms with Crippen molar-refractivity contribution in [2.45, 2.75) is 0 Å². The van der Waals surface area contributed by atoms with Crippen LogP contribution in [0.5, 0.6) is 0 Å². The van der Waals surface area contributed by atoms with Crippen LogP contribution in [0.25, 0.3) is 0 Å². The van der Waals surface area contributed by atoms with E-state index in [0.717, 1.165) is 17.8 Å². The van der Waals surface area contributed by atoms with Gasteiger partial charge in [-0.15, -0.1) is 11.8 Å². The second-order valence-corrected chi connectivity index (χ2v) is 3.60. The van der Waals surface area contributed by atoms with Crippen molar-refractivity contribution < 1.29 is 14.7 Å². The number of thioether (sulfide) groups is 1. The van der Waals surface area contributed by atoms with Crippen molar-refractivity contribution >= 4 is 23.5 Å². The fourth-order valence-electron chi connectivity index (χ4n) is 1.01. The molecule has 15 heavy (non-hydrogen) atoms. The number of carbonyl (C=O) groups excluding carboxylic acids is 1. The molecule has 0 aliphatic heterocycles. The Morgan fingerprint density at radius 3 is 2.33 bits per heavy atom. The molecule has 0 spiro atoms. The molecule has 0 aromatic heterocycles. The number of carbonyl (C=O) groups is 2. The van der Waals surface area contributed by atoms with E-state index in [2.05, 4.69) is 0 Å². The molecule has 0 aliphatic rings. The van der Waals surface area contributed by atoms with Crippen LogP contribution < -0.4 is 0 Å². The molecule has 1 aromatic rings. The van der Waals surface area contributed by atoms with Crippen LogP contribution >= 0.6 is 11.8 Å². The summed E-state index contributed by atoms with van der Waals surface area (Å²) >= 11 is 1.04. The summed E-state index contributed by atoms with van der Waals surface area (Å²) in [5.41, 5.74) is 0.491. The van der Waals surface area contributed by atoms with Gasteiger partial charge in [0, 0.05) is 11.6 Å². The molecule has 4 heteroatoms. The summed E-state index contributed by atoms with van der Waals surface area (Å²) in [5, 5.41) is 8.73. The van der Waals surface area contributed by atoms with Gasteiger partial charge in [0.25, 0.3) is 0 Å². The van der Waals surface area contributed by atoms with Gasteiger partial charge in [-0.1, -0.05) is 30.3 Å². The van der Waals surface area contributed by atoms with Gasteiger partial charge in [-0.05, 0) is 6.26 Å². The van der Waals surface area contributed by atoms with Crippen LogP contribution in [0, 0.1) is 0 Å². The fraction of sp³-hybridized carbons (Fsp3) is 0.0909. The lowest BCUT2D eigenvalue weighted by Gasteiger charge is -1.97. The first kappa shape index (κ1) is 11.5. The predicted molar refractivity (Wildman–Crippen MR) is 60.0 cm³/mol. The Hall–Kier alpha value is -1.55. The Labute approximate surface area is 91.8 Å². The third kappa shape index (κ3) is 3.25. The molecular formula is C11H10O3S. The third-order valence-electron chi connectivity index (χ3n) is 1.75. The summed E-state index contributed by atoms with van der Waals surface area (Å²) in [6.07, 6.45) is 2.76. The highest BCUT2D eigenvalue weighted by atomic mass is 32.2. The molecule has 0 saturated carbocycles. The van der Waals surface area contributed by atoms with Gasteiger partial charge in [-0.3, -0.25) is 4.79 Å². The zero-order valence-electron chi connectivity index (χ0n) is 8.14. The first-order valence-electron chi connectivity index (χ1n) is 4.23. The molecule has 0 unspecified atom stereocenters. The summed E-state index contributed by atoms with van der Waals surface area (Å²) in [7, 11) is 0. The predicted octanol–water partition coefficient (Wildman–Crippen LogP) is 2.20. The standard InChI is InChI=1S/C11H10O3S/c1-15-10(11(13)14)7-9(12)8-5-3-2-4-6-8/h2-7H,1H3,(H,13,14). The van der Waals surface area contributed by atoms with Gasteiger partial charge in [0.1, 0.15) is 0 Å². The van der Waals surface area contributed by atoms with E-state index in [1.54, 1.807) is 36.6 Å². The lowest BCUT2D eigenvalue weighted by Crippen LogP contribution is -2.01. The number of allylic oxidation sites excluding steroid dienone is 1. The number of aliphatic carboxylic acids is 1.